The third kappa shape index (κ3) is 5.04. The topological polar surface area (TPSA) is 73.7 Å². The highest BCUT2D eigenvalue weighted by Gasteiger charge is 2.28. The van der Waals surface area contributed by atoms with E-state index in [4.69, 9.17) is 0 Å². The molecule has 0 aliphatic carbocycles. The van der Waals surface area contributed by atoms with Gasteiger partial charge in [0.15, 0.2) is 0 Å². The molecule has 0 spiro atoms. The molecular formula is C18H32N6O2. The molecule has 1 aliphatic heterocycles. The first-order valence-electron chi connectivity index (χ1n) is 9.44. The molecule has 0 radical (unpaired) electrons. The Morgan fingerprint density at radius 1 is 1.23 bits per heavy atom. The second kappa shape index (κ2) is 9.68. The second-order valence-electron chi connectivity index (χ2n) is 6.69. The monoisotopic (exact) mass is 364 g/mol. The van der Waals surface area contributed by atoms with Gasteiger partial charge in [-0.15, -0.1) is 0 Å². The van der Waals surface area contributed by atoms with Crippen LogP contribution in [0.15, 0.2) is 12.4 Å². The lowest BCUT2D eigenvalue weighted by atomic mass is 10.1. The zero-order valence-corrected chi connectivity index (χ0v) is 16.4. The van der Waals surface area contributed by atoms with Crippen molar-refractivity contribution < 1.29 is 9.59 Å². The number of aromatic nitrogens is 2. The van der Waals surface area contributed by atoms with E-state index in [1.807, 2.05) is 36.9 Å². The van der Waals surface area contributed by atoms with Crippen molar-refractivity contribution >= 4 is 11.8 Å². The van der Waals surface area contributed by atoms with Gasteiger partial charge in [0.2, 0.25) is 11.8 Å². The number of rotatable bonds is 7. The Balaban J connectivity index is 1.94. The maximum atomic E-state index is 13.0. The zero-order valence-electron chi connectivity index (χ0n) is 16.4. The van der Waals surface area contributed by atoms with Gasteiger partial charge in [0.25, 0.3) is 0 Å². The minimum atomic E-state index is -0.382. The molecule has 1 unspecified atom stereocenters. The fourth-order valence-electron chi connectivity index (χ4n) is 3.42. The van der Waals surface area contributed by atoms with Crippen molar-refractivity contribution in [2.24, 2.45) is 7.05 Å². The summed E-state index contributed by atoms with van der Waals surface area (Å²) < 4.78 is 1.70. The maximum absolute atomic E-state index is 13.0. The largest absolute Gasteiger partial charge is 0.342 e. The Bertz CT molecular complexity index is 598. The number of carbonyl (C=O) groups is 2. The summed E-state index contributed by atoms with van der Waals surface area (Å²) in [6, 6.07) is -0.382. The first kappa shape index (κ1) is 20.4. The van der Waals surface area contributed by atoms with Crippen LogP contribution in [-0.4, -0.2) is 89.2 Å². The third-order valence-corrected chi connectivity index (χ3v) is 4.97. The van der Waals surface area contributed by atoms with E-state index in [0.717, 1.165) is 38.2 Å². The molecule has 146 valence electrons. The Morgan fingerprint density at radius 3 is 2.54 bits per heavy atom. The molecule has 0 bridgehead atoms. The van der Waals surface area contributed by atoms with Crippen LogP contribution in [0, 0.1) is 0 Å². The van der Waals surface area contributed by atoms with Crippen LogP contribution in [-0.2, 0) is 16.6 Å². The van der Waals surface area contributed by atoms with Gasteiger partial charge in [-0.25, -0.2) is 0 Å². The van der Waals surface area contributed by atoms with Crippen LogP contribution in [0.3, 0.4) is 0 Å². The van der Waals surface area contributed by atoms with Crippen LogP contribution in [0.25, 0.3) is 0 Å². The van der Waals surface area contributed by atoms with Crippen molar-refractivity contribution in [1.29, 1.82) is 0 Å². The van der Waals surface area contributed by atoms with Crippen LogP contribution < -0.4 is 5.32 Å². The predicted octanol–water partition coefficient (Wildman–Crippen LogP) is 0.0833. The Kier molecular flexibility index (Phi) is 7.59. The number of hydrogen-bond donors (Lipinski definition) is 1. The minimum absolute atomic E-state index is 0.0671. The zero-order chi connectivity index (χ0) is 19.1. The van der Waals surface area contributed by atoms with Gasteiger partial charge in [-0.3, -0.25) is 19.2 Å². The molecule has 1 atom stereocenters. The van der Waals surface area contributed by atoms with Gasteiger partial charge in [-0.05, 0) is 27.3 Å². The van der Waals surface area contributed by atoms with Crippen molar-refractivity contribution in [3.63, 3.8) is 0 Å². The van der Waals surface area contributed by atoms with Crippen molar-refractivity contribution in [3.8, 4) is 0 Å². The summed E-state index contributed by atoms with van der Waals surface area (Å²) in [6.45, 7) is 8.83. The van der Waals surface area contributed by atoms with Crippen LogP contribution >= 0.6 is 0 Å². The van der Waals surface area contributed by atoms with Crippen LogP contribution in [0.5, 0.6) is 0 Å². The Labute approximate surface area is 156 Å². The Hall–Kier alpha value is -1.93. The van der Waals surface area contributed by atoms with Crippen LogP contribution in [0.1, 0.15) is 31.9 Å². The van der Waals surface area contributed by atoms with E-state index in [0.29, 0.717) is 19.6 Å². The fourth-order valence-corrected chi connectivity index (χ4v) is 3.42. The summed E-state index contributed by atoms with van der Waals surface area (Å²) in [6.07, 6.45) is 4.47. The summed E-state index contributed by atoms with van der Waals surface area (Å²) in [5, 5.41) is 7.27. The molecule has 1 aromatic heterocycles. The summed E-state index contributed by atoms with van der Waals surface area (Å²) in [4.78, 5) is 31.2. The summed E-state index contributed by atoms with van der Waals surface area (Å²) in [7, 11) is 3.64. The summed E-state index contributed by atoms with van der Waals surface area (Å²) in [5.41, 5.74) is 0.873. The molecule has 26 heavy (non-hydrogen) atoms. The van der Waals surface area contributed by atoms with Gasteiger partial charge >= 0.3 is 0 Å². The van der Waals surface area contributed by atoms with Crippen LogP contribution in [0.4, 0.5) is 0 Å². The van der Waals surface area contributed by atoms with Crippen LogP contribution in [0.2, 0.25) is 0 Å². The summed E-state index contributed by atoms with van der Waals surface area (Å²) in [5.74, 6) is 0.232. The molecule has 2 heterocycles. The molecule has 1 aromatic rings. The van der Waals surface area contributed by atoms with E-state index in [9.17, 15) is 9.59 Å². The molecule has 1 aliphatic rings. The minimum Gasteiger partial charge on any atom is -0.342 e. The van der Waals surface area contributed by atoms with Gasteiger partial charge in [-0.1, -0.05) is 0 Å². The lowest BCUT2D eigenvalue weighted by Gasteiger charge is -2.26. The number of likely N-dealkylation sites (N-methyl/N-ethyl adjacent to an activating group) is 2. The average Bonchev–Trinajstić information content (AvgIpc) is 2.91. The first-order chi connectivity index (χ1) is 12.5. The SMILES string of the molecule is CCN(CC)C(=O)CN1CCCN(C(=O)C(NC)c2cnn(C)c2)CC1. The Morgan fingerprint density at radius 2 is 1.96 bits per heavy atom. The highest BCUT2D eigenvalue weighted by molar-refractivity contribution is 5.83. The maximum Gasteiger partial charge on any atom is 0.244 e. The normalized spacial score (nSPS) is 17.0. The third-order valence-electron chi connectivity index (χ3n) is 4.97. The summed E-state index contributed by atoms with van der Waals surface area (Å²) >= 11 is 0. The predicted molar refractivity (Wildman–Crippen MR) is 101 cm³/mol. The number of hydrogen-bond acceptors (Lipinski definition) is 5. The lowest BCUT2D eigenvalue weighted by molar-refractivity contribution is -0.133. The molecule has 0 saturated carbocycles. The van der Waals surface area contributed by atoms with E-state index in [1.54, 1.807) is 17.9 Å². The number of amides is 2. The number of nitrogens with zero attached hydrogens (tertiary/aromatic N) is 5. The van der Waals surface area contributed by atoms with E-state index in [2.05, 4.69) is 15.3 Å². The van der Waals surface area contributed by atoms with E-state index in [-0.39, 0.29) is 17.9 Å². The van der Waals surface area contributed by atoms with Gasteiger partial charge in [-0.2, -0.15) is 5.10 Å². The molecule has 0 aromatic carbocycles. The van der Waals surface area contributed by atoms with Crippen molar-refractivity contribution in [1.82, 2.24) is 29.8 Å². The average molecular weight is 364 g/mol. The fraction of sp³-hybridized carbons (Fsp3) is 0.722. The van der Waals surface area contributed by atoms with Gasteiger partial charge < -0.3 is 15.1 Å². The van der Waals surface area contributed by atoms with E-state index in [1.165, 1.54) is 0 Å². The quantitative estimate of drug-likeness (QED) is 0.742. The number of nitrogens with one attached hydrogen (secondary N) is 1. The van der Waals surface area contributed by atoms with Crippen molar-refractivity contribution in [3.05, 3.63) is 18.0 Å². The lowest BCUT2D eigenvalue weighted by Crippen LogP contribution is -2.43. The van der Waals surface area contributed by atoms with E-state index < -0.39 is 0 Å². The van der Waals surface area contributed by atoms with Crippen molar-refractivity contribution in [2.45, 2.75) is 26.3 Å². The molecule has 8 heteroatoms. The number of carbonyl (C=O) groups excluding carboxylic acids is 2. The molecule has 1 saturated heterocycles. The van der Waals surface area contributed by atoms with E-state index >= 15 is 0 Å². The molecule has 8 nitrogen and oxygen atoms in total. The second-order valence-corrected chi connectivity index (χ2v) is 6.69. The first-order valence-corrected chi connectivity index (χ1v) is 9.44. The van der Waals surface area contributed by atoms with Crippen molar-refractivity contribution in [2.75, 3.05) is 52.9 Å². The smallest absolute Gasteiger partial charge is 0.244 e. The highest BCUT2D eigenvalue weighted by Crippen LogP contribution is 2.16. The molecule has 1 N–H and O–H groups in total. The molecule has 2 rings (SSSR count). The highest BCUT2D eigenvalue weighted by atomic mass is 16.2. The number of aryl methyl sites for hydroxylation is 1. The van der Waals surface area contributed by atoms with Gasteiger partial charge in [0.1, 0.15) is 6.04 Å². The standard InChI is InChI=1S/C18H32N6O2/c1-5-23(6-2)16(25)14-22-8-7-9-24(11-10-22)18(26)17(19-3)15-12-20-21(4)13-15/h12-13,17,19H,5-11,14H2,1-4H3. The molecule has 2 amide bonds. The van der Waals surface area contributed by atoms with Gasteiger partial charge in [0.05, 0.1) is 12.7 Å². The van der Waals surface area contributed by atoms with Gasteiger partial charge in [0, 0.05) is 58.1 Å². The molecule has 1 fully saturated rings. The molecular weight excluding hydrogens is 332 g/mol.